The molecule has 0 aliphatic carbocycles. The lowest BCUT2D eigenvalue weighted by molar-refractivity contribution is 0.102. The number of aromatic nitrogens is 3. The van der Waals surface area contributed by atoms with Gasteiger partial charge in [0.25, 0.3) is 11.5 Å². The van der Waals surface area contributed by atoms with Gasteiger partial charge in [-0.15, -0.1) is 11.3 Å². The van der Waals surface area contributed by atoms with Gasteiger partial charge in [-0.2, -0.15) is 0 Å². The number of hydrogen-bond donors (Lipinski definition) is 1. The van der Waals surface area contributed by atoms with Gasteiger partial charge in [-0.25, -0.2) is 9.37 Å². The molecule has 8 heteroatoms. The maximum Gasteiger partial charge on any atom is 0.257 e. The molecule has 0 aliphatic heterocycles. The maximum absolute atomic E-state index is 13.0. The normalized spacial score (nSPS) is 10.7. The van der Waals surface area contributed by atoms with Gasteiger partial charge in [0.05, 0.1) is 12.2 Å². The minimum Gasteiger partial charge on any atom is -0.311 e. The molecule has 144 valence electrons. The number of rotatable bonds is 5. The van der Waals surface area contributed by atoms with Gasteiger partial charge in [-0.05, 0) is 35.9 Å². The molecule has 0 spiro atoms. The maximum atomic E-state index is 13.0. The van der Waals surface area contributed by atoms with Gasteiger partial charge >= 0.3 is 0 Å². The van der Waals surface area contributed by atoms with Crippen LogP contribution in [-0.4, -0.2) is 20.4 Å². The number of nitrogens with zero attached hydrogens (tertiary/aromatic N) is 3. The number of halogens is 1. The second kappa shape index (κ2) is 8.15. The molecular formula is C21H15FN4O2S. The Bertz CT molecular complexity index is 1200. The van der Waals surface area contributed by atoms with Crippen LogP contribution >= 0.6 is 11.3 Å². The Kier molecular flexibility index (Phi) is 5.26. The van der Waals surface area contributed by atoms with Crippen molar-refractivity contribution in [3.8, 4) is 11.4 Å². The summed E-state index contributed by atoms with van der Waals surface area (Å²) in [5, 5.41) is 4.93. The lowest BCUT2D eigenvalue weighted by Crippen LogP contribution is -2.22. The number of amides is 1. The first-order chi connectivity index (χ1) is 14.1. The minimum atomic E-state index is -0.419. The molecule has 0 fully saturated rings. The fourth-order valence-electron chi connectivity index (χ4n) is 2.70. The average Bonchev–Trinajstić information content (AvgIpc) is 3.20. The highest BCUT2D eigenvalue weighted by atomic mass is 32.1. The van der Waals surface area contributed by atoms with E-state index in [2.05, 4.69) is 15.3 Å². The lowest BCUT2D eigenvalue weighted by atomic mass is 10.2. The Morgan fingerprint density at radius 2 is 1.93 bits per heavy atom. The smallest absolute Gasteiger partial charge is 0.257 e. The summed E-state index contributed by atoms with van der Waals surface area (Å²) in [6.45, 7) is 0.293. The van der Waals surface area contributed by atoms with E-state index in [1.54, 1.807) is 36.0 Å². The number of anilines is 1. The van der Waals surface area contributed by atoms with Gasteiger partial charge in [0.2, 0.25) is 0 Å². The van der Waals surface area contributed by atoms with Crippen LogP contribution in [0.3, 0.4) is 0 Å². The highest BCUT2D eigenvalue weighted by molar-refractivity contribution is 7.14. The second-order valence-electron chi connectivity index (χ2n) is 6.22. The fourth-order valence-corrected chi connectivity index (χ4v) is 3.40. The third-order valence-electron chi connectivity index (χ3n) is 4.18. The number of hydrogen-bond acceptors (Lipinski definition) is 5. The molecule has 3 aromatic heterocycles. The number of pyridine rings is 2. The van der Waals surface area contributed by atoms with Crippen LogP contribution < -0.4 is 10.9 Å². The van der Waals surface area contributed by atoms with Crippen molar-refractivity contribution in [2.24, 2.45) is 0 Å². The van der Waals surface area contributed by atoms with Crippen LogP contribution in [0.1, 0.15) is 15.9 Å². The molecule has 0 radical (unpaired) electrons. The van der Waals surface area contributed by atoms with Gasteiger partial charge in [-0.1, -0.05) is 18.2 Å². The van der Waals surface area contributed by atoms with E-state index >= 15 is 0 Å². The molecule has 0 saturated heterocycles. The minimum absolute atomic E-state index is 0.236. The van der Waals surface area contributed by atoms with Gasteiger partial charge in [0.15, 0.2) is 5.13 Å². The molecule has 3 heterocycles. The summed E-state index contributed by atoms with van der Waals surface area (Å²) in [7, 11) is 0. The van der Waals surface area contributed by atoms with Crippen LogP contribution in [0.5, 0.6) is 0 Å². The summed E-state index contributed by atoms with van der Waals surface area (Å²) in [5.41, 5.74) is 2.08. The molecule has 0 saturated carbocycles. The van der Waals surface area contributed by atoms with Gasteiger partial charge < -0.3 is 4.57 Å². The van der Waals surface area contributed by atoms with E-state index in [0.717, 1.165) is 5.56 Å². The largest absolute Gasteiger partial charge is 0.311 e. The third-order valence-corrected chi connectivity index (χ3v) is 4.93. The lowest BCUT2D eigenvalue weighted by Gasteiger charge is -2.07. The van der Waals surface area contributed by atoms with Crippen LogP contribution in [0, 0.1) is 5.82 Å². The molecule has 6 nitrogen and oxygen atoms in total. The number of carbonyl (C=O) groups excluding carboxylic acids is 1. The molecular weight excluding hydrogens is 391 g/mol. The Morgan fingerprint density at radius 1 is 1.10 bits per heavy atom. The standard InChI is InChI=1S/C21H15FN4O2S/c22-16-6-4-14(5-7-16)12-26-10-8-15(11-19(26)27)20(28)25-21-24-18(13-29-21)17-3-1-2-9-23-17/h1-11,13H,12H2,(H,24,25,28). The first-order valence-electron chi connectivity index (χ1n) is 8.72. The monoisotopic (exact) mass is 406 g/mol. The molecule has 4 aromatic rings. The highest BCUT2D eigenvalue weighted by Gasteiger charge is 2.12. The van der Waals surface area contributed by atoms with E-state index in [0.29, 0.717) is 23.1 Å². The SMILES string of the molecule is O=C(Nc1nc(-c2ccccn2)cs1)c1ccn(Cc2ccc(F)cc2)c(=O)c1. The Labute approximate surface area is 169 Å². The predicted octanol–water partition coefficient (Wildman–Crippen LogP) is 3.81. The van der Waals surface area contributed by atoms with Crippen molar-refractivity contribution < 1.29 is 9.18 Å². The summed E-state index contributed by atoms with van der Waals surface area (Å²) in [6, 6.07) is 14.3. The van der Waals surface area contributed by atoms with Crippen molar-refractivity contribution >= 4 is 22.4 Å². The summed E-state index contributed by atoms with van der Waals surface area (Å²) >= 11 is 1.28. The third kappa shape index (κ3) is 4.44. The van der Waals surface area contributed by atoms with E-state index in [1.165, 1.54) is 34.1 Å². The van der Waals surface area contributed by atoms with Crippen molar-refractivity contribution in [2.75, 3.05) is 5.32 Å². The Balaban J connectivity index is 1.47. The van der Waals surface area contributed by atoms with Crippen molar-refractivity contribution in [3.63, 3.8) is 0 Å². The Hall–Kier alpha value is -3.65. The molecule has 4 rings (SSSR count). The zero-order chi connectivity index (χ0) is 20.2. The van der Waals surface area contributed by atoms with E-state index < -0.39 is 5.91 Å². The van der Waals surface area contributed by atoms with Gasteiger partial charge in [-0.3, -0.25) is 19.9 Å². The second-order valence-corrected chi connectivity index (χ2v) is 7.07. The molecule has 1 N–H and O–H groups in total. The van der Waals surface area contributed by atoms with Gasteiger partial charge in [0, 0.05) is 29.4 Å². The summed E-state index contributed by atoms with van der Waals surface area (Å²) in [4.78, 5) is 33.4. The first-order valence-corrected chi connectivity index (χ1v) is 9.60. The topological polar surface area (TPSA) is 76.9 Å². The average molecular weight is 406 g/mol. The molecule has 0 unspecified atom stereocenters. The molecule has 0 aliphatic rings. The van der Waals surface area contributed by atoms with E-state index in [-0.39, 0.29) is 16.9 Å². The quantitative estimate of drug-likeness (QED) is 0.547. The van der Waals surface area contributed by atoms with Crippen LogP contribution in [0.15, 0.2) is 77.2 Å². The van der Waals surface area contributed by atoms with E-state index in [9.17, 15) is 14.0 Å². The van der Waals surface area contributed by atoms with E-state index in [1.807, 2.05) is 18.2 Å². The van der Waals surface area contributed by atoms with Gasteiger partial charge in [0.1, 0.15) is 11.5 Å². The summed E-state index contributed by atoms with van der Waals surface area (Å²) in [5.74, 6) is -0.751. The zero-order valence-corrected chi connectivity index (χ0v) is 15.9. The summed E-state index contributed by atoms with van der Waals surface area (Å²) < 4.78 is 14.5. The van der Waals surface area contributed by atoms with E-state index in [4.69, 9.17) is 0 Å². The van der Waals surface area contributed by atoms with Crippen molar-refractivity contribution in [1.82, 2.24) is 14.5 Å². The Morgan fingerprint density at radius 3 is 2.66 bits per heavy atom. The van der Waals surface area contributed by atoms with Crippen molar-refractivity contribution in [3.05, 3.63) is 99.7 Å². The van der Waals surface area contributed by atoms with Crippen LogP contribution in [0.25, 0.3) is 11.4 Å². The number of carbonyl (C=O) groups is 1. The molecule has 1 aromatic carbocycles. The highest BCUT2D eigenvalue weighted by Crippen LogP contribution is 2.23. The van der Waals surface area contributed by atoms with Crippen LogP contribution in [0.2, 0.25) is 0 Å². The zero-order valence-electron chi connectivity index (χ0n) is 15.1. The summed E-state index contributed by atoms with van der Waals surface area (Å²) in [6.07, 6.45) is 3.22. The fraction of sp³-hybridized carbons (Fsp3) is 0.0476. The van der Waals surface area contributed by atoms with Crippen molar-refractivity contribution in [1.29, 1.82) is 0 Å². The predicted molar refractivity (Wildman–Crippen MR) is 110 cm³/mol. The first kappa shape index (κ1) is 18.7. The molecule has 1 amide bonds. The van der Waals surface area contributed by atoms with Crippen LogP contribution in [-0.2, 0) is 6.54 Å². The van der Waals surface area contributed by atoms with Crippen molar-refractivity contribution in [2.45, 2.75) is 6.54 Å². The molecule has 0 bridgehead atoms. The molecule has 29 heavy (non-hydrogen) atoms. The molecule has 0 atom stereocenters. The number of nitrogens with one attached hydrogen (secondary N) is 1. The van der Waals surface area contributed by atoms with Crippen LogP contribution in [0.4, 0.5) is 9.52 Å². The number of benzene rings is 1. The number of thiazole rings is 1.